The third-order valence-electron chi connectivity index (χ3n) is 12.2. The van der Waals surface area contributed by atoms with Crippen LogP contribution in [0.1, 0.15) is 0 Å². The van der Waals surface area contributed by atoms with E-state index in [1.807, 2.05) is 0 Å². The van der Waals surface area contributed by atoms with Crippen molar-refractivity contribution in [2.75, 3.05) is 0 Å². The monoisotopic (exact) mass is 739 g/mol. The minimum Gasteiger partial charge on any atom is -0.456 e. The minimum atomic E-state index is 0.879. The number of hydrogen-bond acceptors (Lipinski definition) is 1. The van der Waals surface area contributed by atoms with Crippen LogP contribution in [0.2, 0.25) is 0 Å². The fourth-order valence-electron chi connectivity index (χ4n) is 9.67. The maximum atomic E-state index is 6.48. The van der Waals surface area contributed by atoms with Gasteiger partial charge in [0.05, 0.1) is 33.1 Å². The van der Waals surface area contributed by atoms with Gasteiger partial charge in [0.25, 0.3) is 0 Å². The van der Waals surface area contributed by atoms with Gasteiger partial charge in [-0.1, -0.05) is 109 Å². The number of para-hydroxylation sites is 5. The van der Waals surface area contributed by atoms with E-state index >= 15 is 0 Å². The molecule has 0 unspecified atom stereocenters. The summed E-state index contributed by atoms with van der Waals surface area (Å²) in [6.45, 7) is 0. The zero-order valence-electron chi connectivity index (χ0n) is 31.3. The van der Waals surface area contributed by atoms with Crippen LogP contribution >= 0.6 is 0 Å². The minimum absolute atomic E-state index is 0.879. The maximum absolute atomic E-state index is 6.48. The van der Waals surface area contributed by atoms with Crippen molar-refractivity contribution in [1.82, 2.24) is 13.7 Å². The van der Waals surface area contributed by atoms with Crippen LogP contribution in [0, 0.1) is 0 Å². The quantitative estimate of drug-likeness (QED) is 0.177. The molecule has 0 saturated heterocycles. The molecule has 0 aliphatic rings. The van der Waals surface area contributed by atoms with Crippen LogP contribution < -0.4 is 0 Å². The van der Waals surface area contributed by atoms with E-state index in [1.165, 1.54) is 76.5 Å². The van der Waals surface area contributed by atoms with E-state index in [4.69, 9.17) is 4.42 Å². The van der Waals surface area contributed by atoms with Crippen molar-refractivity contribution in [1.29, 1.82) is 0 Å². The fourth-order valence-corrected chi connectivity index (χ4v) is 9.67. The highest BCUT2D eigenvalue weighted by atomic mass is 16.3. The molecule has 0 aliphatic carbocycles. The molecule has 4 heteroatoms. The van der Waals surface area contributed by atoms with Crippen LogP contribution in [0.15, 0.2) is 205 Å². The van der Waals surface area contributed by atoms with E-state index in [-0.39, 0.29) is 0 Å². The van der Waals surface area contributed by atoms with Gasteiger partial charge in [0.15, 0.2) is 0 Å². The van der Waals surface area contributed by atoms with Crippen molar-refractivity contribution in [3.05, 3.63) is 200 Å². The largest absolute Gasteiger partial charge is 0.456 e. The van der Waals surface area contributed by atoms with Gasteiger partial charge in [-0.3, -0.25) is 0 Å². The highest BCUT2D eigenvalue weighted by molar-refractivity contribution is 6.14. The smallest absolute Gasteiger partial charge is 0.135 e. The van der Waals surface area contributed by atoms with Crippen LogP contribution in [0.5, 0.6) is 0 Å². The Kier molecular flexibility index (Phi) is 6.41. The second-order valence-electron chi connectivity index (χ2n) is 15.3. The molecule has 58 heavy (non-hydrogen) atoms. The Morgan fingerprint density at radius 3 is 1.21 bits per heavy atom. The lowest BCUT2D eigenvalue weighted by Gasteiger charge is -2.10. The topological polar surface area (TPSA) is 27.9 Å². The molecule has 0 radical (unpaired) electrons. The van der Waals surface area contributed by atoms with Gasteiger partial charge < -0.3 is 18.1 Å². The van der Waals surface area contributed by atoms with Gasteiger partial charge in [0.1, 0.15) is 11.2 Å². The van der Waals surface area contributed by atoms with Crippen molar-refractivity contribution in [2.45, 2.75) is 0 Å². The zero-order valence-corrected chi connectivity index (χ0v) is 31.3. The molecule has 0 spiro atoms. The van der Waals surface area contributed by atoms with Gasteiger partial charge in [0, 0.05) is 60.2 Å². The number of fused-ring (bicyclic) bond motifs is 12. The predicted octanol–water partition coefficient (Wildman–Crippen LogP) is 14.5. The molecule has 13 rings (SSSR count). The molecule has 0 bridgehead atoms. The second kappa shape index (κ2) is 11.8. The van der Waals surface area contributed by atoms with E-state index in [0.29, 0.717) is 0 Å². The van der Waals surface area contributed by atoms with Crippen LogP contribution in [-0.2, 0) is 0 Å². The van der Waals surface area contributed by atoms with Crippen molar-refractivity contribution in [3.63, 3.8) is 0 Å². The lowest BCUT2D eigenvalue weighted by atomic mass is 10.0. The third-order valence-corrected chi connectivity index (χ3v) is 12.2. The second-order valence-corrected chi connectivity index (χ2v) is 15.3. The molecule has 270 valence electrons. The van der Waals surface area contributed by atoms with Crippen LogP contribution in [0.25, 0.3) is 116 Å². The molecule has 9 aromatic carbocycles. The van der Waals surface area contributed by atoms with Crippen LogP contribution in [-0.4, -0.2) is 13.7 Å². The molecule has 0 N–H and O–H groups in total. The van der Waals surface area contributed by atoms with Gasteiger partial charge in [-0.2, -0.15) is 0 Å². The molecule has 4 nitrogen and oxygen atoms in total. The summed E-state index contributed by atoms with van der Waals surface area (Å²) in [5, 5.41) is 9.67. The summed E-state index contributed by atoms with van der Waals surface area (Å²) >= 11 is 0. The first-order chi connectivity index (χ1) is 28.8. The van der Waals surface area contributed by atoms with Gasteiger partial charge in [-0.05, 0) is 102 Å². The van der Waals surface area contributed by atoms with E-state index in [0.717, 1.165) is 39.0 Å². The molecule has 0 fully saturated rings. The molecular formula is C54H33N3O. The van der Waals surface area contributed by atoms with Crippen molar-refractivity contribution in [2.24, 2.45) is 0 Å². The first-order valence-corrected chi connectivity index (χ1v) is 19.8. The van der Waals surface area contributed by atoms with Gasteiger partial charge in [-0.15, -0.1) is 0 Å². The van der Waals surface area contributed by atoms with E-state index < -0.39 is 0 Å². The number of hydrogen-bond donors (Lipinski definition) is 0. The lowest BCUT2D eigenvalue weighted by Crippen LogP contribution is -1.94. The Labute approximate surface area is 332 Å². The maximum Gasteiger partial charge on any atom is 0.135 e. The Morgan fingerprint density at radius 2 is 0.655 bits per heavy atom. The van der Waals surface area contributed by atoms with Crippen molar-refractivity contribution < 1.29 is 4.42 Å². The number of nitrogens with zero attached hydrogens (tertiary/aromatic N) is 3. The highest BCUT2D eigenvalue weighted by Crippen LogP contribution is 2.40. The Morgan fingerprint density at radius 1 is 0.241 bits per heavy atom. The highest BCUT2D eigenvalue weighted by Gasteiger charge is 2.18. The Bertz CT molecular complexity index is 3750. The molecule has 0 atom stereocenters. The summed E-state index contributed by atoms with van der Waals surface area (Å²) in [5.74, 6) is 0. The predicted molar refractivity (Wildman–Crippen MR) is 242 cm³/mol. The summed E-state index contributed by atoms with van der Waals surface area (Å²) in [5.41, 5.74) is 14.7. The zero-order chi connectivity index (χ0) is 37.9. The van der Waals surface area contributed by atoms with E-state index in [9.17, 15) is 0 Å². The molecular weight excluding hydrogens is 707 g/mol. The van der Waals surface area contributed by atoms with Crippen LogP contribution in [0.4, 0.5) is 0 Å². The first kappa shape index (κ1) is 31.4. The van der Waals surface area contributed by atoms with E-state index in [2.05, 4.69) is 214 Å². The van der Waals surface area contributed by atoms with E-state index in [1.54, 1.807) is 0 Å². The molecule has 0 aliphatic heterocycles. The molecule has 4 heterocycles. The standard InChI is InChI=1S/C54H33N3O/c1-2-12-36(13-3-1)55-47-18-8-6-16-41(47)43-26-22-35(31-52(43)55)34-23-27-51-44(30-34)42-17-7-11-21-50(42)57(51)38-25-29-54-46(33-38)45-32-37(24-28-53(45)58-54)56-48-19-9-4-14-39(48)40-15-5-10-20-49(40)56/h1-33H. The van der Waals surface area contributed by atoms with Crippen molar-refractivity contribution in [3.8, 4) is 28.2 Å². The first-order valence-electron chi connectivity index (χ1n) is 19.8. The summed E-state index contributed by atoms with van der Waals surface area (Å²) in [7, 11) is 0. The number of benzene rings is 9. The molecule has 13 aromatic rings. The van der Waals surface area contributed by atoms with Crippen LogP contribution in [0.3, 0.4) is 0 Å². The Hall–Kier alpha value is -7.82. The molecule has 0 saturated carbocycles. The van der Waals surface area contributed by atoms with Gasteiger partial charge >= 0.3 is 0 Å². The summed E-state index contributed by atoms with van der Waals surface area (Å²) in [6, 6.07) is 72.5. The van der Waals surface area contributed by atoms with Gasteiger partial charge in [0.2, 0.25) is 0 Å². The molecule has 4 aromatic heterocycles. The summed E-state index contributed by atoms with van der Waals surface area (Å²) in [4.78, 5) is 0. The third kappa shape index (κ3) is 4.40. The Balaban J connectivity index is 0.979. The average Bonchev–Trinajstić information content (AvgIpc) is 4.02. The van der Waals surface area contributed by atoms with Gasteiger partial charge in [-0.25, -0.2) is 0 Å². The fraction of sp³-hybridized carbons (Fsp3) is 0. The van der Waals surface area contributed by atoms with Crippen molar-refractivity contribution >= 4 is 87.4 Å². The SMILES string of the molecule is c1ccc(-n2c3ccccc3c3ccc(-c4ccc5c(c4)c4ccccc4n5-c4ccc5oc6ccc(-n7c8ccccc8c8ccccc87)cc6c5c4)cc32)cc1. The molecule has 0 amide bonds. The average molecular weight is 740 g/mol. The number of rotatable bonds is 4. The summed E-state index contributed by atoms with van der Waals surface area (Å²) < 4.78 is 13.6. The number of furan rings is 1. The summed E-state index contributed by atoms with van der Waals surface area (Å²) in [6.07, 6.45) is 0. The normalized spacial score (nSPS) is 12.1. The lowest BCUT2D eigenvalue weighted by molar-refractivity contribution is 0.669. The number of aromatic nitrogens is 3.